The molecular weight excluding hydrogens is 1610 g/mol. The van der Waals surface area contributed by atoms with Gasteiger partial charge in [-0.25, -0.2) is 4.79 Å². The van der Waals surface area contributed by atoms with E-state index < -0.39 is 239 Å². The summed E-state index contributed by atoms with van der Waals surface area (Å²) in [7, 11) is 1.48. The van der Waals surface area contributed by atoms with Crippen molar-refractivity contribution in [2.24, 2.45) is 23.1 Å². The average molecular weight is 1700 g/mol. The highest BCUT2D eigenvalue weighted by molar-refractivity contribution is 14.1. The SMILES string of the molecule is CN[C@H](CC(C)C)C(=O)N[C@H]1C(=O)N[C@@H](CC(N)=O)C(=O)N[C@H]2C(=O)N[C@H]3C(=O)N[C@H](C(=O)N[C@H](C(=O)O)c4cc(O)cc(O)c4-c4cc3ccc4I)[C@H](O[C@H]3C[C@](C)(N)[C@@H](O)[C@H](C)O3)c3ccc(c(Cl)c3)Oc3cc2cc(c3O[C@@H]2O[C@H](CO)[C@@H](O)[C@H](O)[C@H]2O[C@H]2C[C@](C)(N)[C@@H](O)[C@H](C)O2)Oc2ccc(cc2Cl)[C@H]1O. The number of hydrogen-bond donors (Lipinski definition) is 19. The molecule has 22 N–H and O–H groups in total. The molecule has 5 aromatic rings. The Balaban J connectivity index is 1.19. The molecule has 0 saturated carbocycles. The molecule has 11 bridgehead atoms. The Morgan fingerprint density at radius 1 is 0.685 bits per heavy atom. The first-order valence-electron chi connectivity index (χ1n) is 35.3. The van der Waals surface area contributed by atoms with Crippen molar-refractivity contribution < 1.29 is 122 Å². The number of benzene rings is 5. The van der Waals surface area contributed by atoms with Crippen LogP contribution >= 0.6 is 45.8 Å². The molecule has 0 unspecified atom stereocenters. The van der Waals surface area contributed by atoms with Crippen molar-refractivity contribution in [2.75, 3.05) is 13.7 Å². The first-order valence-corrected chi connectivity index (χ1v) is 37.1. The zero-order chi connectivity index (χ0) is 80.9. The Labute approximate surface area is 657 Å². The fourth-order valence-corrected chi connectivity index (χ4v) is 15.3. The van der Waals surface area contributed by atoms with E-state index in [2.05, 4.69) is 37.2 Å². The lowest BCUT2D eigenvalue weighted by Gasteiger charge is -2.47. The second-order valence-corrected chi connectivity index (χ2v) is 31.2. The molecule has 35 nitrogen and oxygen atoms in total. The summed E-state index contributed by atoms with van der Waals surface area (Å²) in [5.74, 6) is -14.6. The number of phenolic OH excluding ortho intramolecular Hbond substituents is 2. The van der Waals surface area contributed by atoms with Crippen LogP contribution in [0.4, 0.5) is 0 Å². The fourth-order valence-electron chi connectivity index (χ4n) is 14.2. The third kappa shape index (κ3) is 18.0. The summed E-state index contributed by atoms with van der Waals surface area (Å²) in [6.45, 7) is 8.66. The van der Waals surface area contributed by atoms with Crippen LogP contribution in [0.5, 0.6) is 40.2 Å². The Kier molecular flexibility index (Phi) is 25.4. The maximum absolute atomic E-state index is 16.4. The number of nitrogens with one attached hydrogen (secondary N) is 7. The quantitative estimate of drug-likeness (QED) is 0.0656. The molecule has 0 aromatic heterocycles. The molecule has 600 valence electrons. The number of ether oxygens (including phenoxy) is 8. The van der Waals surface area contributed by atoms with E-state index in [1.165, 1.54) is 83.3 Å². The highest BCUT2D eigenvalue weighted by Crippen LogP contribution is 2.50. The number of amides is 7. The number of fused-ring (bicyclic) bond motifs is 15. The van der Waals surface area contributed by atoms with Gasteiger partial charge in [-0.15, -0.1) is 0 Å². The molecule has 0 spiro atoms. The minimum atomic E-state index is -2.33. The van der Waals surface area contributed by atoms with E-state index >= 15 is 24.0 Å². The lowest BCUT2D eigenvalue weighted by molar-refractivity contribution is -0.333. The number of hydrogen-bond acceptors (Lipinski definition) is 27. The molecule has 3 fully saturated rings. The van der Waals surface area contributed by atoms with Crippen LogP contribution in [0.15, 0.2) is 78.9 Å². The number of likely N-dealkylation sites (N-methyl/N-ethyl adjacent to an activating group) is 1. The number of primary amides is 1. The largest absolute Gasteiger partial charge is 0.508 e. The number of carboxylic acids is 1. The molecule has 8 aliphatic heterocycles. The van der Waals surface area contributed by atoms with E-state index in [9.17, 15) is 60.3 Å². The smallest absolute Gasteiger partial charge is 0.330 e. The van der Waals surface area contributed by atoms with Crippen molar-refractivity contribution in [3.05, 3.63) is 120 Å². The summed E-state index contributed by atoms with van der Waals surface area (Å²) < 4.78 is 52.1. The van der Waals surface area contributed by atoms with Gasteiger partial charge in [0.15, 0.2) is 36.2 Å². The first-order chi connectivity index (χ1) is 52.3. The number of carbonyl (C=O) groups excluding carboxylic acids is 7. The van der Waals surface area contributed by atoms with Gasteiger partial charge in [-0.3, -0.25) is 33.6 Å². The number of aliphatic carboxylic acids is 1. The van der Waals surface area contributed by atoms with Crippen LogP contribution in [0.3, 0.4) is 0 Å². The van der Waals surface area contributed by atoms with Gasteiger partial charge < -0.3 is 138 Å². The van der Waals surface area contributed by atoms with Gasteiger partial charge in [0.05, 0.1) is 53.5 Å². The van der Waals surface area contributed by atoms with Gasteiger partial charge in [0.2, 0.25) is 53.4 Å². The number of aliphatic hydroxyl groups excluding tert-OH is 6. The van der Waals surface area contributed by atoms with Crippen LogP contribution in [0.1, 0.15) is 125 Å². The first kappa shape index (κ1) is 83.5. The zero-order valence-electron chi connectivity index (χ0n) is 60.6. The number of halogens is 3. The Hall–Kier alpha value is -8.39. The summed E-state index contributed by atoms with van der Waals surface area (Å²) >= 11 is 16.4. The van der Waals surface area contributed by atoms with Gasteiger partial charge in [0.25, 0.3) is 0 Å². The standard InChI is InChI=1S/C73H87Cl2IN10O25/c1-26(2)14-39(80-7)64(96)85-54-56(91)30-9-12-42(36(74)16-30)106-44-18-32-19-45(60(44)111-71-61(58(93)57(92)46(25-87)108-71)110-49-24-73(6,79)63(95)28(4)105-49)107-43-13-10-31(17-37(43)75)59(109-48-23-72(5,78)62(94)27(3)104-48)55-69(101)84-53(70(102)103)35-20-33(88)21-41(89)50(35)34-15-29(8-11-38(34)76)51(66(98)86-55)83-67(99)52(32)82-65(97)40(22-47(77)90)81-68(54)100/h8-13,15-21,26-28,39-40,46,48-49,51-59,61-63,71,80,87-89,91-95H,14,22-25,78-79H2,1-7H3,(H2,77,90)(H,81,100)(H,82,97)(H,83,99)(H,84,101)(H,85,96)(H,86,98)(H,102,103)/t27-,28-,39+,40-,46+,48-,49-,51+,52+,53-,54+,55-,56+,57+,58-,59+,61+,62-,63-,71-,72-,73-/m0/s1. The van der Waals surface area contributed by atoms with Gasteiger partial charge in [-0.05, 0) is 152 Å². The fraction of sp³-hybridized carbons (Fsp3) is 0.479. The zero-order valence-corrected chi connectivity index (χ0v) is 64.3. The van der Waals surface area contributed by atoms with Crippen molar-refractivity contribution in [3.63, 3.8) is 0 Å². The minimum Gasteiger partial charge on any atom is -0.508 e. The number of carbonyl (C=O) groups is 8. The molecule has 0 radical (unpaired) electrons. The summed E-state index contributed by atoms with van der Waals surface area (Å²) in [5.41, 5.74) is 14.5. The van der Waals surface area contributed by atoms with Crippen LogP contribution < -0.4 is 68.6 Å². The minimum absolute atomic E-state index is 0.0479. The maximum atomic E-state index is 16.4. The van der Waals surface area contributed by atoms with Crippen LogP contribution in [-0.2, 0) is 62.0 Å². The van der Waals surface area contributed by atoms with Gasteiger partial charge in [-0.2, -0.15) is 0 Å². The molecule has 7 amide bonds. The van der Waals surface area contributed by atoms with Crippen LogP contribution in [0.25, 0.3) is 11.1 Å². The lowest BCUT2D eigenvalue weighted by atomic mass is 9.86. The Morgan fingerprint density at radius 2 is 1.25 bits per heavy atom. The third-order valence-corrected chi connectivity index (χ3v) is 21.6. The molecule has 38 heteroatoms. The lowest BCUT2D eigenvalue weighted by Crippen LogP contribution is -2.64. The summed E-state index contributed by atoms with van der Waals surface area (Å²) in [6, 6.07) is 1.24. The molecule has 8 aliphatic rings. The monoisotopic (exact) mass is 1700 g/mol. The topological polar surface area (TPSA) is 555 Å². The summed E-state index contributed by atoms with van der Waals surface area (Å²) in [4.78, 5) is 120. The number of aliphatic hydroxyl groups is 6. The van der Waals surface area contributed by atoms with Crippen molar-refractivity contribution in [1.29, 1.82) is 0 Å². The number of rotatable bonds is 15. The van der Waals surface area contributed by atoms with Crippen molar-refractivity contribution in [2.45, 2.75) is 201 Å². The molecule has 0 aliphatic carbocycles. The molecule has 111 heavy (non-hydrogen) atoms. The second-order valence-electron chi connectivity index (χ2n) is 29.2. The Bertz CT molecular complexity index is 4430. The number of phenols is 2. The molecule has 22 atom stereocenters. The normalized spacial score (nSPS) is 32.1. The maximum Gasteiger partial charge on any atom is 0.330 e. The average Bonchev–Trinajstić information content (AvgIpc) is 0.763. The summed E-state index contributed by atoms with van der Waals surface area (Å²) in [6.07, 6.45) is -22.5. The molecule has 5 aromatic carbocycles. The van der Waals surface area contributed by atoms with Gasteiger partial charge >= 0.3 is 5.97 Å². The van der Waals surface area contributed by atoms with Crippen LogP contribution in [0.2, 0.25) is 10.0 Å². The van der Waals surface area contributed by atoms with E-state index in [1.807, 2.05) is 36.4 Å². The van der Waals surface area contributed by atoms with E-state index in [1.54, 1.807) is 0 Å². The number of aromatic hydroxyl groups is 2. The van der Waals surface area contributed by atoms with Crippen molar-refractivity contribution >= 4 is 93.1 Å². The van der Waals surface area contributed by atoms with Crippen LogP contribution in [-0.4, -0.2) is 210 Å². The van der Waals surface area contributed by atoms with E-state index in [0.29, 0.717) is 0 Å². The number of nitrogens with two attached hydrogens (primary N) is 3. The predicted octanol–water partition coefficient (Wildman–Crippen LogP) is 1.24. The van der Waals surface area contributed by atoms with Gasteiger partial charge in [0.1, 0.15) is 83.7 Å². The van der Waals surface area contributed by atoms with Crippen molar-refractivity contribution in [1.82, 2.24) is 37.2 Å². The van der Waals surface area contributed by atoms with Crippen molar-refractivity contribution in [3.8, 4) is 51.4 Å². The second kappa shape index (κ2) is 33.7. The molecule has 8 heterocycles. The van der Waals surface area contributed by atoms with E-state index in [4.69, 9.17) is 78.3 Å². The number of carboxylic acid groups (broad SMARTS) is 1. The molecule has 3 saturated heterocycles. The van der Waals surface area contributed by atoms with Gasteiger partial charge in [0, 0.05) is 44.7 Å². The Morgan fingerprint density at radius 3 is 1.82 bits per heavy atom. The van der Waals surface area contributed by atoms with E-state index in [-0.39, 0.29) is 73.1 Å². The third-order valence-electron chi connectivity index (χ3n) is 20.1. The summed E-state index contributed by atoms with van der Waals surface area (Å²) in [5, 5.41) is 120. The van der Waals surface area contributed by atoms with Crippen LogP contribution in [0, 0.1) is 9.49 Å². The molecule has 13 rings (SSSR count). The van der Waals surface area contributed by atoms with Gasteiger partial charge in [-0.1, -0.05) is 55.2 Å². The van der Waals surface area contributed by atoms with E-state index in [0.717, 1.165) is 30.3 Å². The molecular formula is C73H87Cl2IN10O25. The highest BCUT2D eigenvalue weighted by Gasteiger charge is 2.52. The highest BCUT2D eigenvalue weighted by atomic mass is 127. The predicted molar refractivity (Wildman–Crippen MR) is 397 cm³/mol.